The Morgan fingerprint density at radius 3 is 2.83 bits per heavy atom. The Morgan fingerprint density at radius 1 is 1.56 bits per heavy atom. The lowest BCUT2D eigenvalue weighted by Crippen LogP contribution is -2.59. The molecule has 0 saturated carbocycles. The molecule has 1 aromatic carbocycles. The Bertz CT molecular complexity index is 458. The monoisotopic (exact) mass is 360 g/mol. The number of halogens is 1. The number of aryl methyl sites for hydroxylation is 1. The van der Waals surface area contributed by atoms with Crippen LogP contribution in [0.25, 0.3) is 0 Å². The first-order valence-electron chi connectivity index (χ1n) is 5.89. The number of rotatable bonds is 4. The van der Waals surface area contributed by atoms with E-state index in [1.54, 1.807) is 0 Å². The van der Waals surface area contributed by atoms with Crippen molar-refractivity contribution in [2.75, 3.05) is 25.0 Å². The standard InChI is InChI=1S/C13H17IN2O2/c1-9-5-10(14)3-4-11(9)16-12(17)6-18-13(2)7-15-8-13/h3-5,15H,6-8H2,1-2H3,(H,16,17). The maximum absolute atomic E-state index is 11.8. The lowest BCUT2D eigenvalue weighted by atomic mass is 10.0. The zero-order chi connectivity index (χ0) is 13.2. The highest BCUT2D eigenvalue weighted by atomic mass is 127. The SMILES string of the molecule is Cc1cc(I)ccc1NC(=O)COC1(C)CNC1. The normalized spacial score (nSPS) is 17.1. The van der Waals surface area contributed by atoms with E-state index in [4.69, 9.17) is 4.74 Å². The van der Waals surface area contributed by atoms with Gasteiger partial charge in [0.2, 0.25) is 5.91 Å². The number of benzene rings is 1. The van der Waals surface area contributed by atoms with Gasteiger partial charge in [-0.25, -0.2) is 0 Å². The molecule has 1 amide bonds. The van der Waals surface area contributed by atoms with Gasteiger partial charge in [-0.15, -0.1) is 0 Å². The summed E-state index contributed by atoms with van der Waals surface area (Å²) in [5, 5.41) is 6.00. The van der Waals surface area contributed by atoms with Crippen molar-refractivity contribution < 1.29 is 9.53 Å². The molecule has 0 radical (unpaired) electrons. The quantitative estimate of drug-likeness (QED) is 0.807. The van der Waals surface area contributed by atoms with Crippen molar-refractivity contribution in [2.45, 2.75) is 19.4 Å². The van der Waals surface area contributed by atoms with Crippen LogP contribution in [0.15, 0.2) is 18.2 Å². The summed E-state index contributed by atoms with van der Waals surface area (Å²) in [5.41, 5.74) is 1.73. The summed E-state index contributed by atoms with van der Waals surface area (Å²) in [6.07, 6.45) is 0. The van der Waals surface area contributed by atoms with Crippen LogP contribution in [-0.2, 0) is 9.53 Å². The summed E-state index contributed by atoms with van der Waals surface area (Å²) >= 11 is 2.25. The first kappa shape index (κ1) is 13.8. The number of hydrogen-bond acceptors (Lipinski definition) is 3. The first-order chi connectivity index (χ1) is 8.48. The fraction of sp³-hybridized carbons (Fsp3) is 0.462. The Labute approximate surface area is 121 Å². The third kappa shape index (κ3) is 3.43. The maximum atomic E-state index is 11.8. The van der Waals surface area contributed by atoms with E-state index < -0.39 is 0 Å². The van der Waals surface area contributed by atoms with Gasteiger partial charge in [0.25, 0.3) is 0 Å². The van der Waals surface area contributed by atoms with Gasteiger partial charge in [-0.05, 0) is 60.2 Å². The highest BCUT2D eigenvalue weighted by Gasteiger charge is 2.32. The molecule has 2 rings (SSSR count). The third-order valence-corrected chi connectivity index (χ3v) is 3.68. The second-order valence-electron chi connectivity index (χ2n) is 4.85. The van der Waals surface area contributed by atoms with Crippen LogP contribution in [0.2, 0.25) is 0 Å². The average molecular weight is 360 g/mol. The van der Waals surface area contributed by atoms with E-state index >= 15 is 0 Å². The number of ether oxygens (including phenoxy) is 1. The van der Waals surface area contributed by atoms with Crippen LogP contribution in [0.3, 0.4) is 0 Å². The van der Waals surface area contributed by atoms with Crippen molar-refractivity contribution >= 4 is 34.2 Å². The van der Waals surface area contributed by atoms with Crippen molar-refractivity contribution in [2.24, 2.45) is 0 Å². The number of carbonyl (C=O) groups is 1. The lowest BCUT2D eigenvalue weighted by Gasteiger charge is -2.38. The summed E-state index contributed by atoms with van der Waals surface area (Å²) in [6.45, 7) is 5.71. The largest absolute Gasteiger partial charge is 0.363 e. The predicted molar refractivity (Wildman–Crippen MR) is 79.8 cm³/mol. The van der Waals surface area contributed by atoms with E-state index in [0.29, 0.717) is 0 Å². The van der Waals surface area contributed by atoms with Gasteiger partial charge in [0.15, 0.2) is 0 Å². The van der Waals surface area contributed by atoms with Crippen LogP contribution in [0, 0.1) is 10.5 Å². The van der Waals surface area contributed by atoms with Crippen LogP contribution < -0.4 is 10.6 Å². The van der Waals surface area contributed by atoms with Crippen molar-refractivity contribution in [3.05, 3.63) is 27.3 Å². The van der Waals surface area contributed by atoms with Gasteiger partial charge in [-0.1, -0.05) is 0 Å². The number of anilines is 1. The molecule has 1 aliphatic heterocycles. The number of nitrogens with one attached hydrogen (secondary N) is 2. The highest BCUT2D eigenvalue weighted by Crippen LogP contribution is 2.18. The Morgan fingerprint density at radius 2 is 2.28 bits per heavy atom. The van der Waals surface area contributed by atoms with Gasteiger partial charge < -0.3 is 15.4 Å². The molecule has 1 aromatic rings. The molecule has 2 N–H and O–H groups in total. The molecule has 1 heterocycles. The minimum absolute atomic E-state index is 0.101. The first-order valence-corrected chi connectivity index (χ1v) is 6.97. The maximum Gasteiger partial charge on any atom is 0.250 e. The topological polar surface area (TPSA) is 50.4 Å². The van der Waals surface area contributed by atoms with Gasteiger partial charge in [0.05, 0.1) is 5.60 Å². The molecule has 0 bridgehead atoms. The van der Waals surface area contributed by atoms with Gasteiger partial charge in [-0.2, -0.15) is 0 Å². The Kier molecular flexibility index (Phi) is 4.24. The van der Waals surface area contributed by atoms with E-state index in [9.17, 15) is 4.79 Å². The summed E-state index contributed by atoms with van der Waals surface area (Å²) in [6, 6.07) is 5.93. The zero-order valence-electron chi connectivity index (χ0n) is 10.5. The predicted octanol–water partition coefficient (Wildman–Crippen LogP) is 1.92. The third-order valence-electron chi connectivity index (χ3n) is 3.01. The number of carbonyl (C=O) groups excluding carboxylic acids is 1. The van der Waals surface area contributed by atoms with Crippen LogP contribution in [0.1, 0.15) is 12.5 Å². The Balaban J connectivity index is 1.87. The molecule has 1 aliphatic rings. The Hall–Kier alpha value is -0.660. The van der Waals surface area contributed by atoms with Gasteiger partial charge >= 0.3 is 0 Å². The van der Waals surface area contributed by atoms with Gasteiger partial charge in [-0.3, -0.25) is 4.79 Å². The average Bonchev–Trinajstić information content (AvgIpc) is 2.28. The van der Waals surface area contributed by atoms with E-state index in [1.165, 1.54) is 0 Å². The lowest BCUT2D eigenvalue weighted by molar-refractivity contribution is -0.130. The molecular formula is C13H17IN2O2. The van der Waals surface area contributed by atoms with Crippen LogP contribution >= 0.6 is 22.6 Å². The molecule has 1 saturated heterocycles. The van der Waals surface area contributed by atoms with Crippen LogP contribution in [-0.4, -0.2) is 31.2 Å². The zero-order valence-corrected chi connectivity index (χ0v) is 12.7. The van der Waals surface area contributed by atoms with Crippen LogP contribution in [0.5, 0.6) is 0 Å². The summed E-state index contributed by atoms with van der Waals surface area (Å²) < 4.78 is 6.75. The van der Waals surface area contributed by atoms with Gasteiger partial charge in [0, 0.05) is 22.3 Å². The molecule has 0 aromatic heterocycles. The fourth-order valence-electron chi connectivity index (χ4n) is 1.77. The summed E-state index contributed by atoms with van der Waals surface area (Å²) in [4.78, 5) is 11.8. The molecule has 0 spiro atoms. The van der Waals surface area contributed by atoms with Crippen molar-refractivity contribution in [1.29, 1.82) is 0 Å². The second kappa shape index (κ2) is 5.54. The summed E-state index contributed by atoms with van der Waals surface area (Å²) in [5.74, 6) is -0.104. The smallest absolute Gasteiger partial charge is 0.250 e. The number of hydrogen-bond donors (Lipinski definition) is 2. The highest BCUT2D eigenvalue weighted by molar-refractivity contribution is 14.1. The molecule has 0 unspecified atom stereocenters. The van der Waals surface area contributed by atoms with E-state index in [0.717, 1.165) is 27.9 Å². The molecular weight excluding hydrogens is 343 g/mol. The second-order valence-corrected chi connectivity index (χ2v) is 6.10. The van der Waals surface area contributed by atoms with Crippen molar-refractivity contribution in [3.63, 3.8) is 0 Å². The van der Waals surface area contributed by atoms with E-state index in [1.807, 2.05) is 32.0 Å². The fourth-order valence-corrected chi connectivity index (χ4v) is 2.42. The minimum atomic E-state index is -0.182. The summed E-state index contributed by atoms with van der Waals surface area (Å²) in [7, 11) is 0. The molecule has 1 fully saturated rings. The van der Waals surface area contributed by atoms with Crippen molar-refractivity contribution in [1.82, 2.24) is 5.32 Å². The van der Waals surface area contributed by atoms with E-state index in [-0.39, 0.29) is 18.1 Å². The minimum Gasteiger partial charge on any atom is -0.363 e. The molecule has 4 nitrogen and oxygen atoms in total. The van der Waals surface area contributed by atoms with Crippen molar-refractivity contribution in [3.8, 4) is 0 Å². The van der Waals surface area contributed by atoms with E-state index in [2.05, 4.69) is 33.2 Å². The van der Waals surface area contributed by atoms with Gasteiger partial charge in [0.1, 0.15) is 6.61 Å². The molecule has 0 atom stereocenters. The molecule has 18 heavy (non-hydrogen) atoms. The molecule has 0 aliphatic carbocycles. The molecule has 5 heteroatoms. The number of amides is 1. The van der Waals surface area contributed by atoms with Crippen LogP contribution in [0.4, 0.5) is 5.69 Å². The molecule has 98 valence electrons.